The third kappa shape index (κ3) is 39.1. The number of amides is 1. The largest absolute Gasteiger partial charge is 0.449 e. The minimum atomic E-state index is -0.179. The van der Waals surface area contributed by atoms with Crippen molar-refractivity contribution in [2.24, 2.45) is 0 Å². The molecule has 0 aromatic rings. The highest BCUT2D eigenvalue weighted by atomic mass is 16.6. The van der Waals surface area contributed by atoms with Crippen LogP contribution >= 0.6 is 0 Å². The second-order valence-corrected chi connectivity index (χ2v) is 14.4. The van der Waals surface area contributed by atoms with E-state index in [1.165, 1.54) is 148 Å². The van der Waals surface area contributed by atoms with Crippen molar-refractivity contribution < 1.29 is 14.3 Å². The molecule has 0 fully saturated rings. The average Bonchev–Trinajstić information content (AvgIpc) is 3.09. The highest BCUT2D eigenvalue weighted by Crippen LogP contribution is 2.12. The predicted octanol–water partition coefficient (Wildman–Crippen LogP) is 13.2. The summed E-state index contributed by atoms with van der Waals surface area (Å²) in [6, 6.07) is 0. The molecule has 0 rings (SSSR count). The molecule has 0 saturated heterocycles. The number of unbranched alkanes of at least 4 members (excludes halogenated alkanes) is 21. The zero-order valence-electron chi connectivity index (χ0n) is 33.4. The summed E-state index contributed by atoms with van der Waals surface area (Å²) in [6.07, 6.45) is 48.0. The van der Waals surface area contributed by atoms with Crippen LogP contribution < -0.4 is 0 Å². The molecule has 0 aliphatic carbocycles. The van der Waals surface area contributed by atoms with Crippen molar-refractivity contribution in [3.63, 3.8) is 0 Å². The van der Waals surface area contributed by atoms with E-state index in [1.54, 1.807) is 0 Å². The summed E-state index contributed by atoms with van der Waals surface area (Å²) >= 11 is 0. The summed E-state index contributed by atoms with van der Waals surface area (Å²) in [6.45, 7) is 8.72. The highest BCUT2D eigenvalue weighted by Gasteiger charge is 2.14. The van der Waals surface area contributed by atoms with E-state index in [0.29, 0.717) is 19.8 Å². The molecular weight excluding hydrogens is 604 g/mol. The zero-order chi connectivity index (χ0) is 35.7. The molecule has 49 heavy (non-hydrogen) atoms. The minimum Gasteiger partial charge on any atom is -0.449 e. The lowest BCUT2D eigenvalue weighted by Gasteiger charge is -2.22. The SMILES string of the molecule is CCCCC/C=C\C/C=C\CCCCCCCCN(CCOCCCCCCCC/C=C\CCCCCCCC)C(=O)OCCCN(C)C. The van der Waals surface area contributed by atoms with Crippen LogP contribution in [-0.2, 0) is 9.47 Å². The molecule has 0 bridgehead atoms. The van der Waals surface area contributed by atoms with E-state index in [2.05, 4.69) is 55.2 Å². The third-order valence-corrected chi connectivity index (χ3v) is 9.17. The molecule has 0 aromatic carbocycles. The average molecular weight is 689 g/mol. The van der Waals surface area contributed by atoms with E-state index in [0.717, 1.165) is 45.4 Å². The summed E-state index contributed by atoms with van der Waals surface area (Å²) in [4.78, 5) is 16.8. The molecule has 0 radical (unpaired) electrons. The van der Waals surface area contributed by atoms with Crippen LogP contribution in [0.1, 0.15) is 187 Å². The van der Waals surface area contributed by atoms with Crippen molar-refractivity contribution in [1.29, 1.82) is 0 Å². The molecule has 0 saturated carbocycles. The topological polar surface area (TPSA) is 42.0 Å². The molecule has 5 nitrogen and oxygen atoms in total. The lowest BCUT2D eigenvalue weighted by Crippen LogP contribution is -2.36. The Morgan fingerprint density at radius 1 is 0.449 bits per heavy atom. The lowest BCUT2D eigenvalue weighted by molar-refractivity contribution is 0.0716. The van der Waals surface area contributed by atoms with E-state index < -0.39 is 0 Å². The first-order valence-electron chi connectivity index (χ1n) is 21.2. The molecule has 0 aromatic heterocycles. The van der Waals surface area contributed by atoms with E-state index in [9.17, 15) is 4.79 Å². The smallest absolute Gasteiger partial charge is 0.409 e. The van der Waals surface area contributed by atoms with Crippen molar-refractivity contribution in [1.82, 2.24) is 9.80 Å². The lowest BCUT2D eigenvalue weighted by atomic mass is 10.1. The van der Waals surface area contributed by atoms with Gasteiger partial charge in [0.2, 0.25) is 0 Å². The quantitative estimate of drug-likeness (QED) is 0.0478. The molecule has 0 spiro atoms. The fraction of sp³-hybridized carbons (Fsp3) is 0.841. The number of allylic oxidation sites excluding steroid dienone is 6. The molecular formula is C44H84N2O3. The first-order valence-corrected chi connectivity index (χ1v) is 21.2. The summed E-state index contributed by atoms with van der Waals surface area (Å²) in [5, 5.41) is 0. The molecule has 0 heterocycles. The Hall–Kier alpha value is -1.59. The first-order chi connectivity index (χ1) is 24.1. The van der Waals surface area contributed by atoms with E-state index in [4.69, 9.17) is 9.47 Å². The first kappa shape index (κ1) is 47.4. The van der Waals surface area contributed by atoms with Crippen molar-refractivity contribution in [3.8, 4) is 0 Å². The van der Waals surface area contributed by atoms with Crippen molar-refractivity contribution in [2.45, 2.75) is 187 Å². The predicted molar refractivity (Wildman–Crippen MR) is 216 cm³/mol. The van der Waals surface area contributed by atoms with E-state index >= 15 is 0 Å². The van der Waals surface area contributed by atoms with E-state index in [-0.39, 0.29) is 6.09 Å². The van der Waals surface area contributed by atoms with Crippen LogP contribution in [0.25, 0.3) is 0 Å². The monoisotopic (exact) mass is 689 g/mol. The third-order valence-electron chi connectivity index (χ3n) is 9.17. The molecule has 0 atom stereocenters. The van der Waals surface area contributed by atoms with Crippen LogP contribution in [0, 0.1) is 0 Å². The second kappa shape index (κ2) is 40.8. The van der Waals surface area contributed by atoms with Gasteiger partial charge in [0.1, 0.15) is 0 Å². The summed E-state index contributed by atoms with van der Waals surface area (Å²) < 4.78 is 11.6. The van der Waals surface area contributed by atoms with Gasteiger partial charge in [-0.25, -0.2) is 4.79 Å². The highest BCUT2D eigenvalue weighted by molar-refractivity contribution is 5.67. The van der Waals surface area contributed by atoms with Gasteiger partial charge in [0.15, 0.2) is 0 Å². The van der Waals surface area contributed by atoms with Gasteiger partial charge in [0, 0.05) is 26.2 Å². The molecule has 0 aliphatic rings. The Morgan fingerprint density at radius 3 is 1.45 bits per heavy atom. The summed E-state index contributed by atoms with van der Waals surface area (Å²) in [5.74, 6) is 0. The Morgan fingerprint density at radius 2 is 0.898 bits per heavy atom. The van der Waals surface area contributed by atoms with E-state index in [1.807, 2.05) is 19.0 Å². The molecule has 0 unspecified atom stereocenters. The van der Waals surface area contributed by atoms with Crippen LogP contribution in [0.5, 0.6) is 0 Å². The Bertz CT molecular complexity index is 748. The van der Waals surface area contributed by atoms with Crippen LogP contribution in [0.15, 0.2) is 36.5 Å². The van der Waals surface area contributed by atoms with Crippen molar-refractivity contribution >= 4 is 6.09 Å². The van der Waals surface area contributed by atoms with Crippen LogP contribution in [0.4, 0.5) is 4.79 Å². The molecule has 288 valence electrons. The Labute approximate surface area is 306 Å². The van der Waals surface area contributed by atoms with Crippen LogP contribution in [-0.4, -0.2) is 69.4 Å². The summed E-state index contributed by atoms with van der Waals surface area (Å²) in [7, 11) is 4.10. The van der Waals surface area contributed by atoms with Gasteiger partial charge in [-0.1, -0.05) is 147 Å². The maximum absolute atomic E-state index is 12.8. The number of carbonyl (C=O) groups is 1. The number of nitrogens with zero attached hydrogens (tertiary/aromatic N) is 2. The minimum absolute atomic E-state index is 0.179. The van der Waals surface area contributed by atoms with Gasteiger partial charge in [-0.3, -0.25) is 0 Å². The Balaban J connectivity index is 3.94. The van der Waals surface area contributed by atoms with Gasteiger partial charge < -0.3 is 19.3 Å². The zero-order valence-corrected chi connectivity index (χ0v) is 33.4. The van der Waals surface area contributed by atoms with Crippen molar-refractivity contribution in [2.75, 3.05) is 53.6 Å². The standard InChI is InChI=1S/C44H84N2O3/c1-5-7-9-11-13-15-17-19-21-23-25-27-29-31-33-35-39-46(44(47)49-42-37-38-45(3)4)40-43-48-41-36-34-32-30-28-26-24-22-20-18-16-14-12-10-8-6-2/h13,15,19-22H,5-12,14,16-18,23-43H2,1-4H3/b15-13-,21-19-,22-20-. The van der Waals surface area contributed by atoms with Gasteiger partial charge in [0.05, 0.1) is 13.2 Å². The normalized spacial score (nSPS) is 12.0. The van der Waals surface area contributed by atoms with Crippen LogP contribution in [0.3, 0.4) is 0 Å². The van der Waals surface area contributed by atoms with Crippen molar-refractivity contribution in [3.05, 3.63) is 36.5 Å². The fourth-order valence-corrected chi connectivity index (χ4v) is 5.95. The van der Waals surface area contributed by atoms with Gasteiger partial charge in [-0.05, 0) is 91.1 Å². The molecule has 5 heteroatoms. The van der Waals surface area contributed by atoms with Crippen LogP contribution in [0.2, 0.25) is 0 Å². The van der Waals surface area contributed by atoms with Gasteiger partial charge in [-0.15, -0.1) is 0 Å². The second-order valence-electron chi connectivity index (χ2n) is 14.4. The number of rotatable bonds is 38. The molecule has 1 amide bonds. The Kier molecular flexibility index (Phi) is 39.5. The number of hydrogen-bond acceptors (Lipinski definition) is 4. The molecule has 0 aliphatic heterocycles. The molecule has 0 N–H and O–H groups in total. The maximum Gasteiger partial charge on any atom is 0.409 e. The summed E-state index contributed by atoms with van der Waals surface area (Å²) in [5.41, 5.74) is 0. The number of carbonyl (C=O) groups excluding carboxylic acids is 1. The fourth-order valence-electron chi connectivity index (χ4n) is 5.95. The van der Waals surface area contributed by atoms with Gasteiger partial charge in [-0.2, -0.15) is 0 Å². The maximum atomic E-state index is 12.8. The van der Waals surface area contributed by atoms with Gasteiger partial charge >= 0.3 is 6.09 Å². The number of ether oxygens (including phenoxy) is 2. The van der Waals surface area contributed by atoms with Gasteiger partial charge in [0.25, 0.3) is 0 Å². The number of hydrogen-bond donors (Lipinski definition) is 0.